The second kappa shape index (κ2) is 5.70. The monoisotopic (exact) mass is 293 g/mol. The van der Waals surface area contributed by atoms with Crippen molar-refractivity contribution in [3.8, 4) is 0 Å². The van der Waals surface area contributed by atoms with Gasteiger partial charge in [0, 0.05) is 12.3 Å². The van der Waals surface area contributed by atoms with Crippen LogP contribution in [-0.2, 0) is 11.3 Å². The van der Waals surface area contributed by atoms with E-state index in [9.17, 15) is 0 Å². The van der Waals surface area contributed by atoms with E-state index in [1.54, 1.807) is 0 Å². The summed E-state index contributed by atoms with van der Waals surface area (Å²) >= 11 is 6.29. The van der Waals surface area contributed by atoms with Crippen LogP contribution in [0.1, 0.15) is 43.1 Å². The maximum absolute atomic E-state index is 6.29. The Hall–Kier alpha value is -1.13. The van der Waals surface area contributed by atoms with Crippen molar-refractivity contribution in [3.63, 3.8) is 0 Å². The molecule has 1 aliphatic rings. The fourth-order valence-electron chi connectivity index (χ4n) is 2.75. The Morgan fingerprint density at radius 2 is 2.25 bits per heavy atom. The lowest BCUT2D eigenvalue weighted by Crippen LogP contribution is -2.25. The number of rotatable bonds is 3. The van der Waals surface area contributed by atoms with Gasteiger partial charge >= 0.3 is 0 Å². The van der Waals surface area contributed by atoms with Gasteiger partial charge in [0.05, 0.1) is 18.0 Å². The first-order valence-corrected chi connectivity index (χ1v) is 7.68. The number of fused-ring (bicyclic) bond motifs is 1. The van der Waals surface area contributed by atoms with Gasteiger partial charge in [0.2, 0.25) is 0 Å². The number of hydrogen-bond donors (Lipinski definition) is 0. The van der Waals surface area contributed by atoms with Gasteiger partial charge in [0.1, 0.15) is 11.3 Å². The number of aryl methyl sites for hydroxylation is 1. The maximum atomic E-state index is 6.29. The number of halogens is 1. The van der Waals surface area contributed by atoms with Crippen molar-refractivity contribution in [2.45, 2.75) is 51.1 Å². The van der Waals surface area contributed by atoms with Crippen molar-refractivity contribution < 1.29 is 4.74 Å². The molecule has 20 heavy (non-hydrogen) atoms. The van der Waals surface area contributed by atoms with E-state index >= 15 is 0 Å². The Balaban J connectivity index is 2.01. The van der Waals surface area contributed by atoms with Crippen LogP contribution in [-0.4, -0.2) is 27.2 Å². The van der Waals surface area contributed by atoms with Crippen molar-refractivity contribution in [1.29, 1.82) is 0 Å². The number of nitrogens with zero attached hydrogens (tertiary/aromatic N) is 3. The highest BCUT2D eigenvalue weighted by Gasteiger charge is 2.21. The highest BCUT2D eigenvalue weighted by Crippen LogP contribution is 2.25. The Morgan fingerprint density at radius 1 is 1.40 bits per heavy atom. The summed E-state index contributed by atoms with van der Waals surface area (Å²) in [6, 6.07) is 4.00. The van der Waals surface area contributed by atoms with Gasteiger partial charge in [-0.25, -0.2) is 9.97 Å². The summed E-state index contributed by atoms with van der Waals surface area (Å²) in [6.07, 6.45) is 3.74. The predicted octanol–water partition coefficient (Wildman–Crippen LogP) is 3.61. The van der Waals surface area contributed by atoms with E-state index in [0.717, 1.165) is 48.7 Å². The molecule has 0 radical (unpaired) electrons. The lowest BCUT2D eigenvalue weighted by Gasteiger charge is -2.24. The van der Waals surface area contributed by atoms with Crippen LogP contribution in [0.25, 0.3) is 11.2 Å². The molecule has 3 rings (SSSR count). The van der Waals surface area contributed by atoms with Crippen LogP contribution in [0.5, 0.6) is 0 Å². The Labute approximate surface area is 124 Å². The third kappa shape index (κ3) is 2.67. The average Bonchev–Trinajstić information content (AvgIpc) is 2.78. The van der Waals surface area contributed by atoms with Crippen LogP contribution in [0.2, 0.25) is 0 Å². The average molecular weight is 294 g/mol. The molecule has 5 heteroatoms. The third-order valence-corrected chi connectivity index (χ3v) is 3.97. The normalized spacial score (nSPS) is 21.2. The molecule has 0 saturated carbocycles. The van der Waals surface area contributed by atoms with Crippen molar-refractivity contribution in [2.24, 2.45) is 0 Å². The molecule has 4 nitrogen and oxygen atoms in total. The minimum absolute atomic E-state index is 0.131. The Kier molecular flexibility index (Phi) is 3.94. The van der Waals surface area contributed by atoms with E-state index < -0.39 is 0 Å². The lowest BCUT2D eigenvalue weighted by molar-refractivity contribution is 0.00610. The highest BCUT2D eigenvalue weighted by molar-refractivity contribution is 6.20. The number of pyridine rings is 1. The van der Waals surface area contributed by atoms with E-state index in [1.165, 1.54) is 6.42 Å². The minimum atomic E-state index is -0.131. The zero-order valence-corrected chi connectivity index (χ0v) is 12.7. The molecule has 1 aliphatic heterocycles. The predicted molar refractivity (Wildman–Crippen MR) is 80.1 cm³/mol. The lowest BCUT2D eigenvalue weighted by atomic mass is 10.1. The van der Waals surface area contributed by atoms with E-state index in [4.69, 9.17) is 16.3 Å². The standard InChI is InChI=1S/C15H20ClN3O/c1-10-6-7-13-15(17-10)19(14(18-13)11(2)16)9-12-5-3-4-8-20-12/h6-7,11-12H,3-5,8-9H2,1-2H3. The first-order chi connectivity index (χ1) is 9.65. The second-order valence-corrected chi connectivity index (χ2v) is 6.14. The number of alkyl halides is 1. The fourth-order valence-corrected chi connectivity index (χ4v) is 2.92. The highest BCUT2D eigenvalue weighted by atomic mass is 35.5. The van der Waals surface area contributed by atoms with E-state index in [-0.39, 0.29) is 11.5 Å². The summed E-state index contributed by atoms with van der Waals surface area (Å²) in [4.78, 5) is 9.26. The molecular formula is C15H20ClN3O. The molecule has 2 aromatic rings. The van der Waals surface area contributed by atoms with Crippen LogP contribution in [0, 0.1) is 6.92 Å². The molecule has 108 valence electrons. The van der Waals surface area contributed by atoms with Crippen LogP contribution in [0.3, 0.4) is 0 Å². The Bertz CT molecular complexity index is 602. The van der Waals surface area contributed by atoms with Crippen molar-refractivity contribution >= 4 is 22.8 Å². The Morgan fingerprint density at radius 3 is 2.95 bits per heavy atom. The van der Waals surface area contributed by atoms with Crippen LogP contribution in [0.4, 0.5) is 0 Å². The van der Waals surface area contributed by atoms with Gasteiger partial charge in [-0.05, 0) is 45.2 Å². The summed E-state index contributed by atoms with van der Waals surface area (Å²) in [5.74, 6) is 0.883. The maximum Gasteiger partial charge on any atom is 0.160 e. The van der Waals surface area contributed by atoms with Gasteiger partial charge in [-0.2, -0.15) is 0 Å². The number of hydrogen-bond acceptors (Lipinski definition) is 3. The molecule has 0 aliphatic carbocycles. The fraction of sp³-hybridized carbons (Fsp3) is 0.600. The molecule has 1 fully saturated rings. The SMILES string of the molecule is Cc1ccc2nc(C(C)Cl)n(CC3CCCCO3)c2n1. The minimum Gasteiger partial charge on any atom is -0.376 e. The molecular weight excluding hydrogens is 274 g/mol. The molecule has 0 aromatic carbocycles. The van der Waals surface area contributed by atoms with Crippen LogP contribution in [0.15, 0.2) is 12.1 Å². The summed E-state index contributed by atoms with van der Waals surface area (Å²) in [6.45, 7) is 5.60. The van der Waals surface area contributed by atoms with E-state index in [2.05, 4.69) is 14.5 Å². The summed E-state index contributed by atoms with van der Waals surface area (Å²) in [5.41, 5.74) is 2.83. The molecule has 0 amide bonds. The zero-order valence-electron chi connectivity index (χ0n) is 12.0. The van der Waals surface area contributed by atoms with Gasteiger partial charge in [-0.1, -0.05) is 0 Å². The van der Waals surface area contributed by atoms with Gasteiger partial charge in [0.15, 0.2) is 5.65 Å². The second-order valence-electron chi connectivity index (χ2n) is 5.48. The molecule has 0 spiro atoms. The molecule has 2 aromatic heterocycles. The number of ether oxygens (including phenoxy) is 1. The van der Waals surface area contributed by atoms with Gasteiger partial charge < -0.3 is 9.30 Å². The molecule has 3 heterocycles. The smallest absolute Gasteiger partial charge is 0.160 e. The van der Waals surface area contributed by atoms with E-state index in [0.29, 0.717) is 0 Å². The summed E-state index contributed by atoms with van der Waals surface area (Å²) < 4.78 is 7.98. The topological polar surface area (TPSA) is 39.9 Å². The first-order valence-electron chi connectivity index (χ1n) is 7.24. The molecule has 0 bridgehead atoms. The molecule has 0 N–H and O–H groups in total. The number of aromatic nitrogens is 3. The van der Waals surface area contributed by atoms with Gasteiger partial charge in [0.25, 0.3) is 0 Å². The van der Waals surface area contributed by atoms with Crippen molar-refractivity contribution in [3.05, 3.63) is 23.7 Å². The molecule has 2 unspecified atom stereocenters. The third-order valence-electron chi connectivity index (χ3n) is 3.78. The van der Waals surface area contributed by atoms with Crippen molar-refractivity contribution in [1.82, 2.24) is 14.5 Å². The number of imidazole rings is 1. The van der Waals surface area contributed by atoms with Crippen LogP contribution < -0.4 is 0 Å². The first kappa shape index (κ1) is 13.8. The molecule has 1 saturated heterocycles. The van der Waals surface area contributed by atoms with Crippen LogP contribution >= 0.6 is 11.6 Å². The zero-order chi connectivity index (χ0) is 14.1. The van der Waals surface area contributed by atoms with Crippen molar-refractivity contribution in [2.75, 3.05) is 6.61 Å². The van der Waals surface area contributed by atoms with Gasteiger partial charge in [-0.3, -0.25) is 0 Å². The van der Waals surface area contributed by atoms with E-state index in [1.807, 2.05) is 26.0 Å². The molecule has 2 atom stereocenters. The largest absolute Gasteiger partial charge is 0.376 e. The quantitative estimate of drug-likeness (QED) is 0.812. The summed E-state index contributed by atoms with van der Waals surface area (Å²) in [5, 5.41) is -0.131. The summed E-state index contributed by atoms with van der Waals surface area (Å²) in [7, 11) is 0. The van der Waals surface area contributed by atoms with Gasteiger partial charge in [-0.15, -0.1) is 11.6 Å².